The average Bonchev–Trinajstić information content (AvgIpc) is 2.99. The SMILES string of the molecule is COc1cc(OC)c(CC(=O)CNc2cc(C(C)C)c3c(n2)c(C)nn3C)cc1Cl. The van der Waals surface area contributed by atoms with E-state index in [2.05, 4.69) is 29.2 Å². The van der Waals surface area contributed by atoms with E-state index in [0.29, 0.717) is 33.8 Å². The number of ketones is 1. The second-order valence-electron chi connectivity index (χ2n) is 7.53. The molecule has 0 aliphatic rings. The molecule has 0 amide bonds. The zero-order valence-electron chi connectivity index (χ0n) is 18.2. The number of pyridine rings is 1. The second-order valence-corrected chi connectivity index (χ2v) is 7.93. The highest BCUT2D eigenvalue weighted by Gasteiger charge is 2.17. The van der Waals surface area contributed by atoms with E-state index in [1.54, 1.807) is 19.2 Å². The molecule has 1 N–H and O–H groups in total. The molecule has 0 saturated heterocycles. The van der Waals surface area contributed by atoms with Crippen molar-refractivity contribution in [3.8, 4) is 11.5 Å². The molecule has 160 valence electrons. The predicted octanol–water partition coefficient (Wildman–Crippen LogP) is 4.29. The van der Waals surface area contributed by atoms with Crippen molar-refractivity contribution in [1.29, 1.82) is 0 Å². The second kappa shape index (κ2) is 8.92. The average molecular weight is 431 g/mol. The van der Waals surface area contributed by atoms with Gasteiger partial charge in [-0.25, -0.2) is 4.98 Å². The van der Waals surface area contributed by atoms with Crippen LogP contribution < -0.4 is 14.8 Å². The Bertz CT molecular complexity index is 1090. The summed E-state index contributed by atoms with van der Waals surface area (Å²) in [5, 5.41) is 8.10. The van der Waals surface area contributed by atoms with Gasteiger partial charge in [0.2, 0.25) is 0 Å². The van der Waals surface area contributed by atoms with Gasteiger partial charge in [0.05, 0.1) is 37.0 Å². The van der Waals surface area contributed by atoms with Crippen LogP contribution in [0, 0.1) is 6.92 Å². The molecular weight excluding hydrogens is 404 g/mol. The first kappa shape index (κ1) is 21.9. The highest BCUT2D eigenvalue weighted by molar-refractivity contribution is 6.32. The molecular formula is C22H27ClN4O3. The molecule has 0 aliphatic heterocycles. The number of ether oxygens (including phenoxy) is 2. The number of nitrogens with one attached hydrogen (secondary N) is 1. The highest BCUT2D eigenvalue weighted by Crippen LogP contribution is 2.33. The molecule has 0 aliphatic carbocycles. The van der Waals surface area contributed by atoms with Gasteiger partial charge in [-0.3, -0.25) is 9.48 Å². The third kappa shape index (κ3) is 4.36. The third-order valence-electron chi connectivity index (χ3n) is 5.02. The monoisotopic (exact) mass is 430 g/mol. The van der Waals surface area contributed by atoms with Gasteiger partial charge in [-0.05, 0) is 30.5 Å². The molecule has 0 atom stereocenters. The number of hydrogen-bond acceptors (Lipinski definition) is 6. The Morgan fingerprint density at radius 3 is 2.53 bits per heavy atom. The van der Waals surface area contributed by atoms with Gasteiger partial charge in [0.15, 0.2) is 5.78 Å². The van der Waals surface area contributed by atoms with Gasteiger partial charge >= 0.3 is 0 Å². The molecule has 1 aromatic carbocycles. The minimum Gasteiger partial charge on any atom is -0.496 e. The van der Waals surface area contributed by atoms with Crippen LogP contribution in [0.5, 0.6) is 11.5 Å². The molecule has 0 spiro atoms. The Morgan fingerprint density at radius 1 is 1.20 bits per heavy atom. The molecule has 3 aromatic rings. The van der Waals surface area contributed by atoms with Crippen LogP contribution in [-0.4, -0.2) is 41.3 Å². The van der Waals surface area contributed by atoms with Crippen LogP contribution in [-0.2, 0) is 18.3 Å². The summed E-state index contributed by atoms with van der Waals surface area (Å²) < 4.78 is 12.4. The highest BCUT2D eigenvalue weighted by atomic mass is 35.5. The summed E-state index contributed by atoms with van der Waals surface area (Å²) in [6.07, 6.45) is 0.186. The zero-order valence-corrected chi connectivity index (χ0v) is 18.9. The molecule has 7 nitrogen and oxygen atoms in total. The fourth-order valence-electron chi connectivity index (χ4n) is 3.53. The van der Waals surface area contributed by atoms with E-state index < -0.39 is 0 Å². The number of fused-ring (bicyclic) bond motifs is 1. The van der Waals surface area contributed by atoms with Crippen LogP contribution in [0.2, 0.25) is 5.02 Å². The van der Waals surface area contributed by atoms with Crippen molar-refractivity contribution in [1.82, 2.24) is 14.8 Å². The summed E-state index contributed by atoms with van der Waals surface area (Å²) in [5.41, 5.74) is 4.59. The van der Waals surface area contributed by atoms with Crippen LogP contribution in [0.15, 0.2) is 18.2 Å². The fraction of sp³-hybridized carbons (Fsp3) is 0.409. The Balaban J connectivity index is 1.79. The van der Waals surface area contributed by atoms with Gasteiger partial charge in [0.25, 0.3) is 0 Å². The van der Waals surface area contributed by atoms with Gasteiger partial charge in [0, 0.05) is 25.1 Å². The fourth-order valence-corrected chi connectivity index (χ4v) is 3.79. The number of hydrogen-bond donors (Lipinski definition) is 1. The Labute approximate surface area is 181 Å². The molecule has 0 bridgehead atoms. The van der Waals surface area contributed by atoms with E-state index in [1.807, 2.05) is 24.7 Å². The molecule has 0 radical (unpaired) electrons. The zero-order chi connectivity index (χ0) is 22.0. The molecule has 3 rings (SSSR count). The lowest BCUT2D eigenvalue weighted by atomic mass is 10.0. The molecule has 0 fully saturated rings. The smallest absolute Gasteiger partial charge is 0.156 e. The Hall–Kier alpha value is -2.80. The third-order valence-corrected chi connectivity index (χ3v) is 5.32. The minimum atomic E-state index is -0.00886. The lowest BCUT2D eigenvalue weighted by Gasteiger charge is -2.13. The van der Waals surface area contributed by atoms with E-state index in [0.717, 1.165) is 22.3 Å². The number of nitrogens with zero attached hydrogens (tertiary/aromatic N) is 3. The maximum absolute atomic E-state index is 12.6. The van der Waals surface area contributed by atoms with E-state index >= 15 is 0 Å². The van der Waals surface area contributed by atoms with Crippen LogP contribution in [0.3, 0.4) is 0 Å². The van der Waals surface area contributed by atoms with Crippen LogP contribution >= 0.6 is 11.6 Å². The number of benzene rings is 1. The molecule has 8 heteroatoms. The number of methoxy groups -OCH3 is 2. The lowest BCUT2D eigenvalue weighted by molar-refractivity contribution is -0.116. The van der Waals surface area contributed by atoms with Crippen molar-refractivity contribution in [2.75, 3.05) is 26.1 Å². The van der Waals surface area contributed by atoms with Crippen LogP contribution in [0.1, 0.15) is 36.6 Å². The molecule has 0 unspecified atom stereocenters. The summed E-state index contributed by atoms with van der Waals surface area (Å²) >= 11 is 6.21. The predicted molar refractivity (Wildman–Crippen MR) is 119 cm³/mol. The van der Waals surface area contributed by atoms with E-state index in [9.17, 15) is 4.79 Å². The van der Waals surface area contributed by atoms with Crippen LogP contribution in [0.25, 0.3) is 11.0 Å². The number of aryl methyl sites for hydroxylation is 2. The van der Waals surface area contributed by atoms with E-state index in [1.165, 1.54) is 7.11 Å². The largest absolute Gasteiger partial charge is 0.496 e. The summed E-state index contributed by atoms with van der Waals surface area (Å²) in [5.74, 6) is 2.03. The van der Waals surface area contributed by atoms with Crippen molar-refractivity contribution in [2.45, 2.75) is 33.1 Å². The molecule has 2 aromatic heterocycles. The number of carbonyl (C=O) groups excluding carboxylic acids is 1. The first-order valence-corrected chi connectivity index (χ1v) is 10.1. The molecule has 0 saturated carbocycles. The van der Waals surface area contributed by atoms with Gasteiger partial charge in [-0.1, -0.05) is 25.4 Å². The number of carbonyl (C=O) groups is 1. The van der Waals surface area contributed by atoms with Crippen molar-refractivity contribution in [2.24, 2.45) is 7.05 Å². The molecule has 2 heterocycles. The maximum Gasteiger partial charge on any atom is 0.156 e. The maximum atomic E-state index is 12.6. The Morgan fingerprint density at radius 2 is 1.90 bits per heavy atom. The topological polar surface area (TPSA) is 78.3 Å². The van der Waals surface area contributed by atoms with Crippen molar-refractivity contribution >= 4 is 34.2 Å². The van der Waals surface area contributed by atoms with Gasteiger partial charge in [-0.2, -0.15) is 5.10 Å². The van der Waals surface area contributed by atoms with Gasteiger partial charge < -0.3 is 14.8 Å². The summed E-state index contributed by atoms with van der Waals surface area (Å²) in [7, 11) is 5.01. The number of aromatic nitrogens is 3. The number of halogens is 1. The summed E-state index contributed by atoms with van der Waals surface area (Å²) in [6.45, 7) is 6.34. The number of rotatable bonds is 8. The minimum absolute atomic E-state index is 0.00886. The van der Waals surface area contributed by atoms with Crippen molar-refractivity contribution < 1.29 is 14.3 Å². The standard InChI is InChI=1S/C22H27ClN4O3/c1-12(2)16-9-20(25-21-13(3)26-27(4)22(16)21)24-11-15(28)7-14-8-17(23)19(30-6)10-18(14)29-5/h8-10,12H,7,11H2,1-6H3,(H,24,25). The quantitative estimate of drug-likeness (QED) is 0.574. The number of anilines is 1. The summed E-state index contributed by atoms with van der Waals surface area (Å²) in [6, 6.07) is 5.39. The normalized spacial score (nSPS) is 11.2. The molecule has 30 heavy (non-hydrogen) atoms. The van der Waals surface area contributed by atoms with Gasteiger partial charge in [-0.15, -0.1) is 0 Å². The van der Waals surface area contributed by atoms with E-state index in [4.69, 9.17) is 21.1 Å². The van der Waals surface area contributed by atoms with Crippen molar-refractivity contribution in [3.05, 3.63) is 40.0 Å². The summed E-state index contributed by atoms with van der Waals surface area (Å²) in [4.78, 5) is 17.3. The van der Waals surface area contributed by atoms with E-state index in [-0.39, 0.29) is 18.7 Å². The van der Waals surface area contributed by atoms with Gasteiger partial charge in [0.1, 0.15) is 22.8 Å². The first-order chi connectivity index (χ1) is 14.2. The van der Waals surface area contributed by atoms with Crippen molar-refractivity contribution in [3.63, 3.8) is 0 Å². The van der Waals surface area contributed by atoms with Crippen LogP contribution in [0.4, 0.5) is 5.82 Å². The number of Topliss-reactive ketones (excluding diaryl/α,β-unsaturated/α-hetero) is 1. The lowest BCUT2D eigenvalue weighted by Crippen LogP contribution is -2.17. The Kier molecular flexibility index (Phi) is 6.51. The first-order valence-electron chi connectivity index (χ1n) is 9.75.